The van der Waals surface area contributed by atoms with Gasteiger partial charge in [-0.1, -0.05) is 63.1 Å². The zero-order valence-corrected chi connectivity index (χ0v) is 45.8. The Morgan fingerprint density at radius 1 is 0.803 bits per heavy atom. The second-order valence-corrected chi connectivity index (χ2v) is 23.5. The number of nitrogens with zero attached hydrogens (tertiary/aromatic N) is 4. The zero-order chi connectivity index (χ0) is 53.7. The SMILES string of the molecule is CC=NOCC(=O)CC(CSSC(C)(C)CCC(=O)Nc1cc(COc2cc3c(cc2C)C(=O)N2c4ccccc4C[C@H]2CN3C)cc(COc2cc3c(cc2OC)C(=O)N2c4ccccc4C[C@H]2CC3)c1)C(=O)OC. The van der Waals surface area contributed by atoms with Crippen LogP contribution in [0.15, 0.2) is 96.2 Å². The number of hydrogen-bond donors (Lipinski definition) is 1. The second-order valence-electron chi connectivity index (χ2n) is 20.4. The van der Waals surface area contributed by atoms with E-state index in [0.29, 0.717) is 59.2 Å². The van der Waals surface area contributed by atoms with Gasteiger partial charge < -0.3 is 43.8 Å². The molecule has 17 heteroatoms. The predicted octanol–water partition coefficient (Wildman–Crippen LogP) is 10.4. The number of aryl methyl sites for hydroxylation is 2. The van der Waals surface area contributed by atoms with Crippen LogP contribution in [0.3, 0.4) is 0 Å². The highest BCUT2D eigenvalue weighted by atomic mass is 33.1. The summed E-state index contributed by atoms with van der Waals surface area (Å²) in [5, 5.41) is 6.74. The molecule has 76 heavy (non-hydrogen) atoms. The fourth-order valence-corrected chi connectivity index (χ4v) is 13.5. The van der Waals surface area contributed by atoms with Crippen LogP contribution in [0.25, 0.3) is 0 Å². The van der Waals surface area contributed by atoms with Crippen LogP contribution < -0.4 is 34.2 Å². The molecule has 4 aliphatic heterocycles. The maximum Gasteiger partial charge on any atom is 0.309 e. The minimum Gasteiger partial charge on any atom is -0.493 e. The van der Waals surface area contributed by atoms with E-state index < -0.39 is 11.9 Å². The molecule has 0 saturated heterocycles. The number of ether oxygens (including phenoxy) is 4. The average Bonchev–Trinajstić information content (AvgIpc) is 3.93. The highest BCUT2D eigenvalue weighted by Gasteiger charge is 2.40. The maximum absolute atomic E-state index is 14.2. The first-order valence-corrected chi connectivity index (χ1v) is 28.0. The van der Waals surface area contributed by atoms with E-state index in [1.165, 1.54) is 35.2 Å². The number of carbonyl (C=O) groups is 5. The molecule has 4 aliphatic rings. The minimum atomic E-state index is -0.653. The molecule has 15 nitrogen and oxygen atoms in total. The Morgan fingerprint density at radius 3 is 2.14 bits per heavy atom. The zero-order valence-electron chi connectivity index (χ0n) is 44.1. The van der Waals surface area contributed by atoms with Gasteiger partial charge in [-0.15, -0.1) is 0 Å². The van der Waals surface area contributed by atoms with Crippen LogP contribution >= 0.6 is 21.6 Å². The van der Waals surface area contributed by atoms with Crippen LogP contribution in [0.1, 0.15) is 101 Å². The van der Waals surface area contributed by atoms with E-state index in [-0.39, 0.29) is 73.0 Å². The van der Waals surface area contributed by atoms with Crippen LogP contribution in [0.5, 0.6) is 17.2 Å². The Bertz CT molecular complexity index is 3070. The lowest BCUT2D eigenvalue weighted by Crippen LogP contribution is -2.41. The highest BCUT2D eigenvalue weighted by Crippen LogP contribution is 2.44. The number of rotatable bonds is 21. The molecule has 0 spiro atoms. The third-order valence-electron chi connectivity index (χ3n) is 14.4. The number of ketones is 1. The van der Waals surface area contributed by atoms with Crippen molar-refractivity contribution >= 4 is 80.0 Å². The third kappa shape index (κ3) is 12.0. The Morgan fingerprint density at radius 2 is 1.46 bits per heavy atom. The Labute approximate surface area is 452 Å². The van der Waals surface area contributed by atoms with E-state index in [1.807, 2.05) is 110 Å². The molecule has 0 bridgehead atoms. The Hall–Kier alpha value is -6.98. The van der Waals surface area contributed by atoms with Crippen LogP contribution in [-0.2, 0) is 56.4 Å². The lowest BCUT2D eigenvalue weighted by Gasteiger charge is -2.25. The summed E-state index contributed by atoms with van der Waals surface area (Å²) in [6.45, 7) is 8.40. The molecular weight excluding hydrogens is 1000 g/mol. The first-order valence-electron chi connectivity index (χ1n) is 25.7. The molecule has 1 unspecified atom stereocenters. The quantitative estimate of drug-likeness (QED) is 0.0320. The molecule has 0 aromatic heterocycles. The summed E-state index contributed by atoms with van der Waals surface area (Å²) in [7, 11) is 7.89. The minimum absolute atomic E-state index is 0.0137. The van der Waals surface area contributed by atoms with Crippen molar-refractivity contribution < 1.29 is 47.8 Å². The van der Waals surface area contributed by atoms with Crippen molar-refractivity contribution in [2.75, 3.05) is 60.2 Å². The monoisotopic (exact) mass is 1070 g/mol. The number of carbonyl (C=O) groups excluding carboxylic acids is 5. The number of benzene rings is 5. The number of likely N-dealkylation sites (N-methyl/N-ethyl adjacent to an activating group) is 1. The van der Waals surface area contributed by atoms with E-state index in [2.05, 4.69) is 27.5 Å². The Balaban J connectivity index is 0.913. The molecule has 0 fully saturated rings. The van der Waals surface area contributed by atoms with Gasteiger partial charge in [0.25, 0.3) is 11.8 Å². The van der Waals surface area contributed by atoms with Gasteiger partial charge in [0.05, 0.1) is 37.4 Å². The standard InChI is InChI=1S/C59H65N5O10S2/c1-8-60-74-34-46(65)27-42(58(69)71-7)35-75-76-59(3,4)20-19-55(66)61-43-23-37(32-72-52-30-51-48(21-36(52)2)57(68)64-45(31-62(51)5)26-41-14-10-12-16-50(41)64)22-38(24-43)33-73-54-28-39-17-18-44-25-40-13-9-11-15-49(40)63(44)56(67)47(39)29-53(54)70-6/h8-16,21-24,28-30,42,44-45H,17-20,25-27,31-35H2,1-7H3,(H,61,66)/t42?,44-,45+/m1/s1. The van der Waals surface area contributed by atoms with Crippen molar-refractivity contribution in [3.8, 4) is 17.2 Å². The number of methoxy groups -OCH3 is 2. The molecule has 1 N–H and O–H groups in total. The van der Waals surface area contributed by atoms with Gasteiger partial charge in [0, 0.05) is 77.9 Å². The first kappa shape index (κ1) is 53.8. The number of nitrogens with one attached hydrogen (secondary N) is 1. The molecule has 3 atom stereocenters. The van der Waals surface area contributed by atoms with E-state index >= 15 is 0 Å². The number of amides is 3. The predicted molar refractivity (Wildman–Crippen MR) is 300 cm³/mol. The van der Waals surface area contributed by atoms with Crippen molar-refractivity contribution in [1.82, 2.24) is 0 Å². The van der Waals surface area contributed by atoms with Crippen LogP contribution in [0, 0.1) is 12.8 Å². The molecular formula is C59H65N5O10S2. The lowest BCUT2D eigenvalue weighted by molar-refractivity contribution is -0.146. The summed E-state index contributed by atoms with van der Waals surface area (Å²) >= 11 is 0. The number of fused-ring (bicyclic) bond motifs is 8. The number of anilines is 4. The number of oxime groups is 1. The maximum atomic E-state index is 14.2. The molecule has 5 aromatic carbocycles. The third-order valence-corrected chi connectivity index (χ3v) is 17.8. The van der Waals surface area contributed by atoms with Crippen molar-refractivity contribution in [2.45, 2.75) is 103 Å². The Kier molecular flexibility index (Phi) is 16.6. The summed E-state index contributed by atoms with van der Waals surface area (Å²) in [4.78, 5) is 78.2. The van der Waals surface area contributed by atoms with Gasteiger partial charge in [-0.05, 0) is 142 Å². The van der Waals surface area contributed by atoms with Crippen molar-refractivity contribution in [1.29, 1.82) is 0 Å². The normalized spacial score (nSPS) is 16.9. The second kappa shape index (κ2) is 23.5. The average molecular weight is 1070 g/mol. The molecule has 0 radical (unpaired) electrons. The molecule has 3 amide bonds. The van der Waals surface area contributed by atoms with E-state index in [9.17, 15) is 24.0 Å². The van der Waals surface area contributed by atoms with Gasteiger partial charge in [0.1, 0.15) is 19.0 Å². The first-order chi connectivity index (χ1) is 36.6. The van der Waals surface area contributed by atoms with Crippen molar-refractivity contribution in [2.24, 2.45) is 11.1 Å². The summed E-state index contributed by atoms with van der Waals surface area (Å²) < 4.78 is 23.6. The van der Waals surface area contributed by atoms with Gasteiger partial charge in [0.15, 0.2) is 23.9 Å². The van der Waals surface area contributed by atoms with Gasteiger partial charge in [-0.3, -0.25) is 24.0 Å². The van der Waals surface area contributed by atoms with Gasteiger partial charge in [-0.2, -0.15) is 0 Å². The molecule has 4 heterocycles. The largest absolute Gasteiger partial charge is 0.493 e. The number of para-hydroxylation sites is 2. The highest BCUT2D eigenvalue weighted by molar-refractivity contribution is 8.77. The number of Topliss-reactive ketones (excluding diaryl/α,β-unsaturated/α-hetero) is 1. The van der Waals surface area contributed by atoms with Crippen molar-refractivity contribution in [3.05, 3.63) is 136 Å². The molecule has 5 aromatic rings. The van der Waals surface area contributed by atoms with E-state index in [0.717, 1.165) is 58.6 Å². The smallest absolute Gasteiger partial charge is 0.309 e. The number of hydrogen-bond acceptors (Lipinski definition) is 14. The topological polar surface area (TPSA) is 166 Å². The van der Waals surface area contributed by atoms with Gasteiger partial charge in [-0.25, -0.2) is 0 Å². The van der Waals surface area contributed by atoms with E-state index in [1.54, 1.807) is 30.9 Å². The van der Waals surface area contributed by atoms with E-state index in [4.69, 9.17) is 23.8 Å². The van der Waals surface area contributed by atoms with Crippen LogP contribution in [0.2, 0.25) is 0 Å². The summed E-state index contributed by atoms with van der Waals surface area (Å²) in [5.41, 5.74) is 10.1. The fraction of sp³-hybridized carbons (Fsp3) is 0.390. The lowest BCUT2D eigenvalue weighted by atomic mass is 9.99. The van der Waals surface area contributed by atoms with Crippen molar-refractivity contribution in [3.63, 3.8) is 0 Å². The van der Waals surface area contributed by atoms with Gasteiger partial charge in [0.2, 0.25) is 5.91 Å². The van der Waals surface area contributed by atoms with Crippen LogP contribution in [-0.4, -0.2) is 92.7 Å². The summed E-state index contributed by atoms with van der Waals surface area (Å²) in [5.74, 6) is 0.287. The molecule has 0 aliphatic carbocycles. The molecule has 9 rings (SSSR count). The van der Waals surface area contributed by atoms with Gasteiger partial charge >= 0.3 is 5.97 Å². The van der Waals surface area contributed by atoms with Crippen LogP contribution in [0.4, 0.5) is 22.7 Å². The molecule has 398 valence electrons. The fourth-order valence-electron chi connectivity index (χ4n) is 10.6. The molecule has 0 saturated carbocycles. The number of esters is 1. The summed E-state index contributed by atoms with van der Waals surface area (Å²) in [6.07, 6.45) is 5.26. The summed E-state index contributed by atoms with van der Waals surface area (Å²) in [6, 6.07) is 29.7.